The van der Waals surface area contributed by atoms with E-state index in [4.69, 9.17) is 11.6 Å². The van der Waals surface area contributed by atoms with E-state index in [0.29, 0.717) is 0 Å². The van der Waals surface area contributed by atoms with E-state index in [2.05, 4.69) is 29.6 Å². The van der Waals surface area contributed by atoms with Crippen molar-refractivity contribution in [3.05, 3.63) is 40.4 Å². The van der Waals surface area contributed by atoms with E-state index in [1.54, 1.807) is 0 Å². The minimum absolute atomic E-state index is 0.756. The maximum absolute atomic E-state index is 6.37. The molecule has 0 heterocycles. The second kappa shape index (κ2) is 4.83. The van der Waals surface area contributed by atoms with E-state index >= 15 is 0 Å². The lowest BCUT2D eigenvalue weighted by Gasteiger charge is -2.09. The number of hydrogen-bond donors (Lipinski definition) is 1. The molecule has 0 atom stereocenters. The van der Waals surface area contributed by atoms with Gasteiger partial charge in [-0.3, -0.25) is 0 Å². The Bertz CT molecular complexity index is 446. The first kappa shape index (κ1) is 11.3. The van der Waals surface area contributed by atoms with Gasteiger partial charge in [0.05, 0.1) is 0 Å². The highest BCUT2D eigenvalue weighted by Gasteiger charge is 2.20. The third kappa shape index (κ3) is 2.72. The van der Waals surface area contributed by atoms with Crippen LogP contribution in [0.15, 0.2) is 24.3 Å². The van der Waals surface area contributed by atoms with Crippen molar-refractivity contribution in [3.63, 3.8) is 0 Å². The Hall–Kier alpha value is -0.790. The lowest BCUT2D eigenvalue weighted by molar-refractivity contribution is 0.688. The van der Waals surface area contributed by atoms with E-state index in [-0.39, 0.29) is 0 Å². The number of rotatable bonds is 4. The highest BCUT2D eigenvalue weighted by molar-refractivity contribution is 6.32. The molecule has 1 fully saturated rings. The first-order valence-electron chi connectivity index (χ1n) is 6.54. The highest BCUT2D eigenvalue weighted by Crippen LogP contribution is 2.32. The van der Waals surface area contributed by atoms with Crippen molar-refractivity contribution in [3.8, 4) is 0 Å². The molecule has 0 saturated heterocycles. The molecule has 2 aliphatic rings. The summed E-state index contributed by atoms with van der Waals surface area (Å²) in [7, 11) is 0. The average Bonchev–Trinajstić information content (AvgIpc) is 3.01. The van der Waals surface area contributed by atoms with Crippen molar-refractivity contribution in [1.82, 2.24) is 5.32 Å². The van der Waals surface area contributed by atoms with Crippen LogP contribution in [0, 0.1) is 0 Å². The molecule has 0 bridgehead atoms. The second-order valence-corrected chi connectivity index (χ2v) is 5.50. The van der Waals surface area contributed by atoms with Gasteiger partial charge in [0, 0.05) is 17.6 Å². The van der Waals surface area contributed by atoms with E-state index in [0.717, 1.165) is 17.6 Å². The Morgan fingerprint density at radius 2 is 2.18 bits per heavy atom. The van der Waals surface area contributed by atoms with Gasteiger partial charge in [-0.1, -0.05) is 29.8 Å². The zero-order valence-corrected chi connectivity index (χ0v) is 10.8. The first-order chi connectivity index (χ1) is 8.33. The predicted octanol–water partition coefficient (Wildman–Crippen LogP) is 4.16. The maximum atomic E-state index is 6.37. The van der Waals surface area contributed by atoms with Crippen molar-refractivity contribution in [1.29, 1.82) is 0 Å². The summed E-state index contributed by atoms with van der Waals surface area (Å²) in [5.74, 6) is 0. The molecular formula is C15H18ClN. The maximum Gasteiger partial charge on any atom is 0.0484 e. The molecule has 0 unspecified atom stereocenters. The van der Waals surface area contributed by atoms with Gasteiger partial charge in [-0.05, 0) is 54.9 Å². The molecule has 0 amide bonds. The molecule has 2 aliphatic carbocycles. The van der Waals surface area contributed by atoms with Crippen LogP contribution >= 0.6 is 11.6 Å². The number of hydrogen-bond acceptors (Lipinski definition) is 1. The molecule has 0 aromatic heterocycles. The molecule has 17 heavy (non-hydrogen) atoms. The number of halogens is 1. The molecule has 1 saturated carbocycles. The third-order valence-electron chi connectivity index (χ3n) is 3.59. The Morgan fingerprint density at radius 1 is 1.29 bits per heavy atom. The summed E-state index contributed by atoms with van der Waals surface area (Å²) in [6.45, 7) is 0.948. The van der Waals surface area contributed by atoms with Gasteiger partial charge >= 0.3 is 0 Å². The van der Waals surface area contributed by atoms with E-state index in [9.17, 15) is 0 Å². The summed E-state index contributed by atoms with van der Waals surface area (Å²) >= 11 is 6.37. The molecule has 90 valence electrons. The SMILES string of the molecule is Clc1cc(CNC2CC2)ccc1C1=CCCC1. The standard InChI is InChI=1S/C15H18ClN/c16-15-9-11(10-17-13-6-7-13)5-8-14(15)12-3-1-2-4-12/h3,5,8-9,13,17H,1-2,4,6-7,10H2. The van der Waals surface area contributed by atoms with E-state index in [1.807, 2.05) is 0 Å². The fourth-order valence-corrected chi connectivity index (χ4v) is 2.72. The smallest absolute Gasteiger partial charge is 0.0484 e. The van der Waals surface area contributed by atoms with Crippen LogP contribution in [0.4, 0.5) is 0 Å². The molecule has 1 aromatic rings. The summed E-state index contributed by atoms with van der Waals surface area (Å²) in [6.07, 6.45) is 8.65. The van der Waals surface area contributed by atoms with Crippen molar-refractivity contribution >= 4 is 17.2 Å². The Kier molecular flexibility index (Phi) is 3.21. The van der Waals surface area contributed by atoms with Crippen LogP contribution in [-0.2, 0) is 6.54 Å². The highest BCUT2D eigenvalue weighted by atomic mass is 35.5. The first-order valence-corrected chi connectivity index (χ1v) is 6.92. The molecule has 0 spiro atoms. The molecule has 2 heteroatoms. The van der Waals surface area contributed by atoms with Crippen LogP contribution in [0.1, 0.15) is 43.2 Å². The molecule has 0 radical (unpaired) electrons. The second-order valence-electron chi connectivity index (χ2n) is 5.09. The van der Waals surface area contributed by atoms with Crippen LogP contribution in [0.3, 0.4) is 0 Å². The molecule has 0 aliphatic heterocycles. The van der Waals surface area contributed by atoms with Crippen molar-refractivity contribution in [2.24, 2.45) is 0 Å². The minimum Gasteiger partial charge on any atom is -0.310 e. The lowest BCUT2D eigenvalue weighted by Crippen LogP contribution is -2.15. The Morgan fingerprint density at radius 3 is 2.82 bits per heavy atom. The quantitative estimate of drug-likeness (QED) is 0.843. The topological polar surface area (TPSA) is 12.0 Å². The zero-order chi connectivity index (χ0) is 11.7. The number of allylic oxidation sites excluding steroid dienone is 2. The van der Waals surface area contributed by atoms with Crippen LogP contribution < -0.4 is 5.32 Å². The van der Waals surface area contributed by atoms with Crippen LogP contribution in [0.2, 0.25) is 5.02 Å². The number of benzene rings is 1. The summed E-state index contributed by atoms with van der Waals surface area (Å²) in [4.78, 5) is 0. The molecule has 1 N–H and O–H groups in total. The average molecular weight is 248 g/mol. The Labute approximate surface area is 108 Å². The van der Waals surface area contributed by atoms with Gasteiger partial charge in [0.15, 0.2) is 0 Å². The monoisotopic (exact) mass is 247 g/mol. The fraction of sp³-hybridized carbons (Fsp3) is 0.467. The van der Waals surface area contributed by atoms with Crippen molar-refractivity contribution < 1.29 is 0 Å². The summed E-state index contributed by atoms with van der Waals surface area (Å²) in [5, 5.41) is 4.43. The molecular weight excluding hydrogens is 230 g/mol. The van der Waals surface area contributed by atoms with Crippen LogP contribution in [-0.4, -0.2) is 6.04 Å². The summed E-state index contributed by atoms with van der Waals surface area (Å²) in [6, 6.07) is 7.26. The van der Waals surface area contributed by atoms with E-state index < -0.39 is 0 Å². The van der Waals surface area contributed by atoms with Gasteiger partial charge in [-0.2, -0.15) is 0 Å². The van der Waals surface area contributed by atoms with Crippen molar-refractivity contribution in [2.45, 2.75) is 44.7 Å². The predicted molar refractivity (Wildman–Crippen MR) is 73.1 cm³/mol. The van der Waals surface area contributed by atoms with Gasteiger partial charge < -0.3 is 5.32 Å². The van der Waals surface area contributed by atoms with Gasteiger partial charge in [0.1, 0.15) is 0 Å². The fourth-order valence-electron chi connectivity index (χ4n) is 2.39. The number of nitrogens with one attached hydrogen (secondary N) is 1. The summed E-state index contributed by atoms with van der Waals surface area (Å²) in [5.41, 5.74) is 3.96. The van der Waals surface area contributed by atoms with Gasteiger partial charge in [0.2, 0.25) is 0 Å². The molecule has 3 rings (SSSR count). The van der Waals surface area contributed by atoms with Crippen LogP contribution in [0.5, 0.6) is 0 Å². The molecule has 1 nitrogen and oxygen atoms in total. The lowest BCUT2D eigenvalue weighted by atomic mass is 10.0. The normalized spacial score (nSPS) is 19.5. The van der Waals surface area contributed by atoms with Gasteiger partial charge in [-0.15, -0.1) is 0 Å². The third-order valence-corrected chi connectivity index (χ3v) is 3.91. The van der Waals surface area contributed by atoms with E-state index in [1.165, 1.54) is 48.8 Å². The molecule has 1 aromatic carbocycles. The minimum atomic E-state index is 0.756. The van der Waals surface area contributed by atoms with Crippen molar-refractivity contribution in [2.75, 3.05) is 0 Å². The van der Waals surface area contributed by atoms with Gasteiger partial charge in [0.25, 0.3) is 0 Å². The Balaban J connectivity index is 1.73. The van der Waals surface area contributed by atoms with Crippen LogP contribution in [0.25, 0.3) is 5.57 Å². The zero-order valence-electron chi connectivity index (χ0n) is 10.0. The largest absolute Gasteiger partial charge is 0.310 e. The van der Waals surface area contributed by atoms with Gasteiger partial charge in [-0.25, -0.2) is 0 Å². The summed E-state index contributed by atoms with van der Waals surface area (Å²) < 4.78 is 0.